The van der Waals surface area contributed by atoms with Gasteiger partial charge in [-0.3, -0.25) is 20.2 Å². The first-order chi connectivity index (χ1) is 11.0. The molecule has 1 aromatic heterocycles. The van der Waals surface area contributed by atoms with E-state index in [4.69, 9.17) is 0 Å². The van der Waals surface area contributed by atoms with Crippen molar-refractivity contribution in [2.45, 2.75) is 13.8 Å². The molecule has 6 nitrogen and oxygen atoms in total. The first kappa shape index (κ1) is 15.1. The molecule has 23 heavy (non-hydrogen) atoms. The number of thiazole rings is 1. The summed E-state index contributed by atoms with van der Waals surface area (Å²) in [6, 6.07) is 9.47. The fraction of sp³-hybridized carbons (Fsp3) is 0.125. The molecule has 116 valence electrons. The predicted octanol–water partition coefficient (Wildman–Crippen LogP) is 4.07. The second-order valence-electron chi connectivity index (χ2n) is 5.13. The zero-order chi connectivity index (χ0) is 16.6. The van der Waals surface area contributed by atoms with Crippen molar-refractivity contribution in [2.75, 3.05) is 5.32 Å². The van der Waals surface area contributed by atoms with E-state index < -0.39 is 4.92 Å². The minimum absolute atomic E-state index is 0.0485. The number of aryl methyl sites for hydroxylation is 2. The number of benzene rings is 2. The van der Waals surface area contributed by atoms with Gasteiger partial charge in [-0.2, -0.15) is 0 Å². The number of nitro groups is 1. The summed E-state index contributed by atoms with van der Waals surface area (Å²) in [5.74, 6) is -0.340. The van der Waals surface area contributed by atoms with Crippen LogP contribution in [0.5, 0.6) is 0 Å². The average molecular weight is 327 g/mol. The Hall–Kier alpha value is -2.80. The lowest BCUT2D eigenvalue weighted by Gasteiger charge is -2.01. The summed E-state index contributed by atoms with van der Waals surface area (Å²) in [7, 11) is 0. The molecule has 0 aliphatic rings. The molecule has 2 aromatic carbocycles. The summed E-state index contributed by atoms with van der Waals surface area (Å²) >= 11 is 1.40. The van der Waals surface area contributed by atoms with Gasteiger partial charge in [-0.05, 0) is 43.2 Å². The number of fused-ring (bicyclic) bond motifs is 1. The molecular weight excluding hydrogens is 314 g/mol. The lowest BCUT2D eigenvalue weighted by Crippen LogP contribution is -2.11. The van der Waals surface area contributed by atoms with Gasteiger partial charge in [-0.1, -0.05) is 17.4 Å². The number of amides is 1. The van der Waals surface area contributed by atoms with Gasteiger partial charge in [-0.15, -0.1) is 0 Å². The molecule has 0 saturated carbocycles. The highest BCUT2D eigenvalue weighted by Gasteiger charge is 2.13. The highest BCUT2D eigenvalue weighted by molar-refractivity contribution is 7.22. The van der Waals surface area contributed by atoms with Gasteiger partial charge in [0.05, 0.1) is 15.1 Å². The largest absolute Gasteiger partial charge is 0.298 e. The van der Waals surface area contributed by atoms with Crippen LogP contribution in [0.3, 0.4) is 0 Å². The fourth-order valence-corrected chi connectivity index (χ4v) is 3.10. The van der Waals surface area contributed by atoms with Crippen LogP contribution in [0.15, 0.2) is 36.4 Å². The molecule has 1 N–H and O–H groups in total. The number of hydrogen-bond acceptors (Lipinski definition) is 5. The van der Waals surface area contributed by atoms with Crippen LogP contribution in [0, 0.1) is 24.0 Å². The predicted molar refractivity (Wildman–Crippen MR) is 90.1 cm³/mol. The van der Waals surface area contributed by atoms with Gasteiger partial charge in [-0.25, -0.2) is 4.98 Å². The number of rotatable bonds is 3. The van der Waals surface area contributed by atoms with Crippen molar-refractivity contribution in [3.63, 3.8) is 0 Å². The van der Waals surface area contributed by atoms with Gasteiger partial charge in [0.1, 0.15) is 0 Å². The zero-order valence-corrected chi connectivity index (χ0v) is 13.3. The van der Waals surface area contributed by atoms with Gasteiger partial charge in [0, 0.05) is 17.7 Å². The number of nitrogens with one attached hydrogen (secondary N) is 1. The number of hydrogen-bond donors (Lipinski definition) is 1. The van der Waals surface area contributed by atoms with Crippen LogP contribution in [0.25, 0.3) is 10.2 Å². The van der Waals surface area contributed by atoms with Crippen LogP contribution in [-0.2, 0) is 0 Å². The van der Waals surface area contributed by atoms with Crippen LogP contribution in [0.1, 0.15) is 21.5 Å². The van der Waals surface area contributed by atoms with E-state index >= 15 is 0 Å². The standard InChI is InChI=1S/C16H13N3O3S/c1-9-3-8-13-14(10(9)2)17-16(23-13)18-15(20)11-4-6-12(7-5-11)19(21)22/h3-8H,1-2H3,(H,17,18,20). The van der Waals surface area contributed by atoms with Crippen LogP contribution < -0.4 is 5.32 Å². The smallest absolute Gasteiger partial charge is 0.269 e. The summed E-state index contributed by atoms with van der Waals surface area (Å²) in [6.07, 6.45) is 0. The topological polar surface area (TPSA) is 85.1 Å². The third-order valence-corrected chi connectivity index (χ3v) is 4.58. The first-order valence-electron chi connectivity index (χ1n) is 6.88. The highest BCUT2D eigenvalue weighted by atomic mass is 32.1. The molecule has 1 amide bonds. The molecule has 0 aliphatic carbocycles. The van der Waals surface area contributed by atoms with Crippen molar-refractivity contribution in [1.82, 2.24) is 4.98 Å². The van der Waals surface area contributed by atoms with Crippen LogP contribution >= 0.6 is 11.3 Å². The quantitative estimate of drug-likeness (QED) is 0.580. The van der Waals surface area contributed by atoms with Crippen LogP contribution in [-0.4, -0.2) is 15.8 Å². The van der Waals surface area contributed by atoms with Gasteiger partial charge < -0.3 is 0 Å². The maximum atomic E-state index is 12.2. The minimum Gasteiger partial charge on any atom is -0.298 e. The van der Waals surface area contributed by atoms with E-state index in [1.165, 1.54) is 35.6 Å². The molecule has 0 aliphatic heterocycles. The number of nitro benzene ring substituents is 1. The second kappa shape index (κ2) is 5.77. The molecule has 3 aromatic rings. The molecule has 0 fully saturated rings. The molecule has 0 spiro atoms. The summed E-state index contributed by atoms with van der Waals surface area (Å²) < 4.78 is 1.01. The number of non-ortho nitro benzene ring substituents is 1. The minimum atomic E-state index is -0.500. The first-order valence-corrected chi connectivity index (χ1v) is 7.70. The van der Waals surface area contributed by atoms with E-state index in [1.807, 2.05) is 26.0 Å². The Morgan fingerprint density at radius 3 is 2.52 bits per heavy atom. The Morgan fingerprint density at radius 1 is 1.17 bits per heavy atom. The summed E-state index contributed by atoms with van der Waals surface area (Å²) in [5, 5.41) is 13.9. The third kappa shape index (κ3) is 2.91. The summed E-state index contributed by atoms with van der Waals surface area (Å²) in [6.45, 7) is 4.02. The monoisotopic (exact) mass is 327 g/mol. The van der Waals surface area contributed by atoms with E-state index in [1.54, 1.807) is 0 Å². The fourth-order valence-electron chi connectivity index (χ4n) is 2.18. The van der Waals surface area contributed by atoms with Gasteiger partial charge in [0.15, 0.2) is 5.13 Å². The molecule has 0 saturated heterocycles. The number of nitrogens with zero attached hydrogens (tertiary/aromatic N) is 2. The van der Waals surface area contributed by atoms with Crippen molar-refractivity contribution >= 4 is 38.3 Å². The Kier molecular flexibility index (Phi) is 3.79. The van der Waals surface area contributed by atoms with E-state index in [-0.39, 0.29) is 11.6 Å². The van der Waals surface area contributed by atoms with E-state index in [0.29, 0.717) is 10.7 Å². The lowest BCUT2D eigenvalue weighted by atomic mass is 10.1. The summed E-state index contributed by atoms with van der Waals surface area (Å²) in [5.41, 5.74) is 3.43. The zero-order valence-electron chi connectivity index (χ0n) is 12.5. The molecule has 0 unspecified atom stereocenters. The average Bonchev–Trinajstić information content (AvgIpc) is 2.94. The van der Waals surface area contributed by atoms with Crippen LogP contribution in [0.2, 0.25) is 0 Å². The van der Waals surface area contributed by atoms with Gasteiger partial charge >= 0.3 is 0 Å². The Labute approximate surface area is 135 Å². The second-order valence-corrected chi connectivity index (χ2v) is 6.16. The maximum Gasteiger partial charge on any atom is 0.269 e. The maximum absolute atomic E-state index is 12.2. The molecule has 0 bridgehead atoms. The van der Waals surface area contributed by atoms with Crippen molar-refractivity contribution in [2.24, 2.45) is 0 Å². The van der Waals surface area contributed by atoms with Crippen molar-refractivity contribution in [1.29, 1.82) is 0 Å². The normalized spacial score (nSPS) is 10.7. The Balaban J connectivity index is 1.85. The van der Waals surface area contributed by atoms with E-state index in [9.17, 15) is 14.9 Å². The van der Waals surface area contributed by atoms with Gasteiger partial charge in [0.2, 0.25) is 0 Å². The lowest BCUT2D eigenvalue weighted by molar-refractivity contribution is -0.384. The molecule has 0 atom stereocenters. The number of aromatic nitrogens is 1. The summed E-state index contributed by atoms with van der Waals surface area (Å²) in [4.78, 5) is 26.8. The number of anilines is 1. The number of carbonyl (C=O) groups excluding carboxylic acids is 1. The molecule has 7 heteroatoms. The van der Waals surface area contributed by atoms with Crippen LogP contribution in [0.4, 0.5) is 10.8 Å². The van der Waals surface area contributed by atoms with Crippen molar-refractivity contribution in [3.8, 4) is 0 Å². The number of carbonyl (C=O) groups is 1. The van der Waals surface area contributed by atoms with Crippen molar-refractivity contribution in [3.05, 3.63) is 63.2 Å². The highest BCUT2D eigenvalue weighted by Crippen LogP contribution is 2.29. The molecular formula is C16H13N3O3S. The van der Waals surface area contributed by atoms with Gasteiger partial charge in [0.25, 0.3) is 11.6 Å². The Bertz CT molecular complexity index is 916. The molecule has 1 heterocycles. The van der Waals surface area contributed by atoms with E-state index in [2.05, 4.69) is 10.3 Å². The Morgan fingerprint density at radius 2 is 1.87 bits per heavy atom. The third-order valence-electron chi connectivity index (χ3n) is 3.65. The molecule has 3 rings (SSSR count). The van der Waals surface area contributed by atoms with Crippen molar-refractivity contribution < 1.29 is 9.72 Å². The van der Waals surface area contributed by atoms with E-state index in [0.717, 1.165) is 21.3 Å². The molecule has 0 radical (unpaired) electrons. The SMILES string of the molecule is Cc1ccc2sc(NC(=O)c3ccc([N+](=O)[O-])cc3)nc2c1C.